The zero-order chi connectivity index (χ0) is 15.9. The van der Waals surface area contributed by atoms with Gasteiger partial charge in [-0.15, -0.1) is 23.1 Å². The quantitative estimate of drug-likeness (QED) is 0.805. The van der Waals surface area contributed by atoms with Crippen LogP contribution in [0.2, 0.25) is 0 Å². The first-order chi connectivity index (χ1) is 10.6. The molecule has 1 aliphatic rings. The first-order valence-electron chi connectivity index (χ1n) is 6.65. The van der Waals surface area contributed by atoms with Crippen LogP contribution in [-0.2, 0) is 15.2 Å². The van der Waals surface area contributed by atoms with Gasteiger partial charge in [0.2, 0.25) is 0 Å². The number of fused-ring (bicyclic) bond motifs is 1. The first-order valence-corrected chi connectivity index (χ1v) is 8.58. The van der Waals surface area contributed by atoms with E-state index >= 15 is 0 Å². The highest BCUT2D eigenvalue weighted by atomic mass is 32.2. The van der Waals surface area contributed by atoms with Crippen molar-refractivity contribution in [1.29, 1.82) is 0 Å². The monoisotopic (exact) mass is 337 g/mol. The number of ether oxygens (including phenoxy) is 2. The van der Waals surface area contributed by atoms with E-state index < -0.39 is 11.9 Å². The summed E-state index contributed by atoms with van der Waals surface area (Å²) in [5.41, 5.74) is 2.21. The molecule has 0 aromatic carbocycles. The molecule has 1 atom stereocenters. The third-order valence-electron chi connectivity index (χ3n) is 3.73. The number of rotatable bonds is 3. The van der Waals surface area contributed by atoms with Gasteiger partial charge in [0, 0.05) is 22.0 Å². The number of hydrogen-bond donors (Lipinski definition) is 0. The summed E-state index contributed by atoms with van der Waals surface area (Å²) in [4.78, 5) is 25.5. The molecule has 0 unspecified atom stereocenters. The number of thiophene rings is 1. The van der Waals surface area contributed by atoms with Crippen LogP contribution in [-0.4, -0.2) is 30.7 Å². The molecule has 22 heavy (non-hydrogen) atoms. The van der Waals surface area contributed by atoms with Gasteiger partial charge in [-0.2, -0.15) is 0 Å². The maximum Gasteiger partial charge on any atom is 0.340 e. The first kappa shape index (κ1) is 15.2. The molecule has 0 bridgehead atoms. The Balaban J connectivity index is 2.21. The molecule has 1 aliphatic heterocycles. The zero-order valence-electron chi connectivity index (χ0n) is 12.4. The van der Waals surface area contributed by atoms with Crippen molar-refractivity contribution in [3.05, 3.63) is 44.9 Å². The molecule has 0 fully saturated rings. The Morgan fingerprint density at radius 2 is 1.91 bits per heavy atom. The van der Waals surface area contributed by atoms with Crippen LogP contribution in [0.3, 0.4) is 0 Å². The number of esters is 2. The van der Waals surface area contributed by atoms with Crippen LogP contribution in [0.1, 0.15) is 42.4 Å². The Bertz CT molecular complexity index is 733. The predicted octanol–water partition coefficient (Wildman–Crippen LogP) is 3.22. The summed E-state index contributed by atoms with van der Waals surface area (Å²) in [7, 11) is 2.64. The second-order valence-corrected chi connectivity index (χ2v) is 6.86. The number of hydrogen-bond acceptors (Lipinski definition) is 6. The third-order valence-corrected chi connectivity index (χ3v) is 6.03. The number of carbonyl (C=O) groups is 2. The van der Waals surface area contributed by atoms with Crippen molar-refractivity contribution < 1.29 is 19.1 Å². The molecular weight excluding hydrogens is 322 g/mol. The minimum absolute atomic E-state index is 0.0804. The summed E-state index contributed by atoms with van der Waals surface area (Å²) in [6.45, 7) is 1.84. The van der Waals surface area contributed by atoms with Crippen LogP contribution in [0, 0.1) is 6.92 Å². The highest BCUT2D eigenvalue weighted by Crippen LogP contribution is 2.46. The van der Waals surface area contributed by atoms with Crippen molar-refractivity contribution in [2.45, 2.75) is 18.1 Å². The lowest BCUT2D eigenvalue weighted by Gasteiger charge is -2.13. The summed E-state index contributed by atoms with van der Waals surface area (Å²) in [5.74, 6) is -0.343. The molecule has 0 spiro atoms. The van der Waals surface area contributed by atoms with Crippen LogP contribution in [0.25, 0.3) is 0 Å². The van der Waals surface area contributed by atoms with Gasteiger partial charge in [0.05, 0.1) is 25.3 Å². The molecule has 7 heteroatoms. The fourth-order valence-corrected chi connectivity index (χ4v) is 5.12. The molecule has 0 radical (unpaired) electrons. The number of nitrogens with zero attached hydrogens (tertiary/aromatic N) is 1. The summed E-state index contributed by atoms with van der Waals surface area (Å²) in [6.07, 6.45) is 0. The second-order valence-electron chi connectivity index (χ2n) is 4.81. The summed E-state index contributed by atoms with van der Waals surface area (Å²) in [6, 6.07) is 4.06. The molecule has 3 rings (SSSR count). The smallest absolute Gasteiger partial charge is 0.340 e. The van der Waals surface area contributed by atoms with Gasteiger partial charge in [0.15, 0.2) is 0 Å². The van der Waals surface area contributed by atoms with Crippen LogP contribution in [0.4, 0.5) is 0 Å². The van der Waals surface area contributed by atoms with Gasteiger partial charge >= 0.3 is 11.9 Å². The SMILES string of the molecule is COC(=O)c1c(C(=O)OC)c2n(c1C)[C@@H](c1cccs1)SC2. The Labute approximate surface area is 136 Å². The van der Waals surface area contributed by atoms with Gasteiger partial charge < -0.3 is 14.0 Å². The summed E-state index contributed by atoms with van der Waals surface area (Å²) < 4.78 is 11.8. The zero-order valence-corrected chi connectivity index (χ0v) is 14.0. The van der Waals surface area contributed by atoms with Gasteiger partial charge in [0.25, 0.3) is 0 Å². The molecule has 0 saturated carbocycles. The van der Waals surface area contributed by atoms with E-state index in [2.05, 4.69) is 10.6 Å². The Morgan fingerprint density at radius 3 is 2.50 bits per heavy atom. The lowest BCUT2D eigenvalue weighted by atomic mass is 10.1. The summed E-state index contributed by atoms with van der Waals surface area (Å²) >= 11 is 3.40. The van der Waals surface area contributed by atoms with Crippen molar-refractivity contribution in [3.63, 3.8) is 0 Å². The molecule has 0 N–H and O–H groups in total. The Kier molecular flexibility index (Phi) is 4.01. The van der Waals surface area contributed by atoms with E-state index in [9.17, 15) is 9.59 Å². The molecule has 3 heterocycles. The summed E-state index contributed by atoms with van der Waals surface area (Å²) in [5, 5.41) is 2.10. The van der Waals surface area contributed by atoms with Gasteiger partial charge in [-0.25, -0.2) is 9.59 Å². The maximum absolute atomic E-state index is 12.2. The van der Waals surface area contributed by atoms with Crippen LogP contribution in [0.5, 0.6) is 0 Å². The topological polar surface area (TPSA) is 57.5 Å². The van der Waals surface area contributed by atoms with Gasteiger partial charge in [0.1, 0.15) is 5.37 Å². The fraction of sp³-hybridized carbons (Fsp3) is 0.333. The molecule has 0 amide bonds. The van der Waals surface area contributed by atoms with Crippen molar-refractivity contribution in [1.82, 2.24) is 4.57 Å². The fourth-order valence-electron chi connectivity index (χ4n) is 2.77. The standard InChI is InChI=1S/C15H15NO4S2/c1-8-11(14(17)19-2)12(15(18)20-3)9-7-22-13(16(8)9)10-5-4-6-21-10/h4-6,13H,7H2,1-3H3/t13-/m1/s1. The molecular formula is C15H15NO4S2. The van der Waals surface area contributed by atoms with E-state index in [0.717, 1.165) is 11.4 Å². The lowest BCUT2D eigenvalue weighted by Crippen LogP contribution is -2.12. The number of aromatic nitrogens is 1. The molecule has 5 nitrogen and oxygen atoms in total. The van der Waals surface area contributed by atoms with E-state index in [1.807, 2.05) is 18.4 Å². The van der Waals surface area contributed by atoms with E-state index in [4.69, 9.17) is 9.47 Å². The average Bonchev–Trinajstić information content (AvgIpc) is 3.22. The van der Waals surface area contributed by atoms with E-state index in [1.165, 1.54) is 19.1 Å². The van der Waals surface area contributed by atoms with Gasteiger partial charge in [-0.05, 0) is 18.4 Å². The number of thioether (sulfide) groups is 1. The van der Waals surface area contributed by atoms with Crippen LogP contribution >= 0.6 is 23.1 Å². The molecule has 2 aromatic heterocycles. The Hall–Kier alpha value is -1.73. The maximum atomic E-state index is 12.2. The predicted molar refractivity (Wildman–Crippen MR) is 85.6 cm³/mol. The third kappa shape index (κ3) is 2.16. The van der Waals surface area contributed by atoms with Crippen molar-refractivity contribution in [3.8, 4) is 0 Å². The average molecular weight is 337 g/mol. The minimum Gasteiger partial charge on any atom is -0.465 e. The van der Waals surface area contributed by atoms with Crippen LogP contribution < -0.4 is 0 Å². The van der Waals surface area contributed by atoms with E-state index in [1.54, 1.807) is 23.1 Å². The Morgan fingerprint density at radius 1 is 1.23 bits per heavy atom. The number of methoxy groups -OCH3 is 2. The van der Waals surface area contributed by atoms with Crippen LogP contribution in [0.15, 0.2) is 17.5 Å². The highest BCUT2D eigenvalue weighted by molar-refractivity contribution is 7.99. The van der Waals surface area contributed by atoms with Crippen molar-refractivity contribution in [2.75, 3.05) is 14.2 Å². The molecule has 0 saturated heterocycles. The highest BCUT2D eigenvalue weighted by Gasteiger charge is 2.37. The largest absolute Gasteiger partial charge is 0.465 e. The second kappa shape index (κ2) is 5.81. The van der Waals surface area contributed by atoms with Crippen molar-refractivity contribution in [2.24, 2.45) is 0 Å². The normalized spacial score (nSPS) is 16.4. The van der Waals surface area contributed by atoms with Gasteiger partial charge in [-0.3, -0.25) is 0 Å². The minimum atomic E-state index is -0.505. The lowest BCUT2D eigenvalue weighted by molar-refractivity contribution is 0.0555. The van der Waals surface area contributed by atoms with E-state index in [-0.39, 0.29) is 5.37 Å². The van der Waals surface area contributed by atoms with Crippen molar-refractivity contribution >= 4 is 35.0 Å². The molecule has 0 aliphatic carbocycles. The molecule has 2 aromatic rings. The van der Waals surface area contributed by atoms with Gasteiger partial charge in [-0.1, -0.05) is 6.07 Å². The number of carbonyl (C=O) groups excluding carboxylic acids is 2. The van der Waals surface area contributed by atoms with E-state index in [0.29, 0.717) is 16.9 Å². The molecule has 116 valence electrons.